The molecule has 2 aromatic carbocycles. The highest BCUT2D eigenvalue weighted by molar-refractivity contribution is 7.92. The first-order chi connectivity index (χ1) is 13.8. The van der Waals surface area contributed by atoms with E-state index in [2.05, 4.69) is 10.0 Å². The molecule has 0 unspecified atom stereocenters. The molecule has 1 amide bonds. The van der Waals surface area contributed by atoms with E-state index in [4.69, 9.17) is 27.9 Å². The van der Waals surface area contributed by atoms with Gasteiger partial charge in [-0.15, -0.1) is 0 Å². The SMILES string of the molecule is O=C(COc1ccc(S(=O)(=O)Nc2ccc(Cl)c(Cl)c2)cc1)NC1CCCCC1. The Morgan fingerprint density at radius 3 is 2.34 bits per heavy atom. The normalized spacial score (nSPS) is 15.0. The number of anilines is 1. The summed E-state index contributed by atoms with van der Waals surface area (Å²) in [5.41, 5.74) is 0.305. The van der Waals surface area contributed by atoms with Crippen molar-refractivity contribution < 1.29 is 17.9 Å². The van der Waals surface area contributed by atoms with Gasteiger partial charge < -0.3 is 10.1 Å². The monoisotopic (exact) mass is 456 g/mol. The van der Waals surface area contributed by atoms with Crippen molar-refractivity contribution in [2.75, 3.05) is 11.3 Å². The van der Waals surface area contributed by atoms with Crippen LogP contribution in [-0.2, 0) is 14.8 Å². The highest BCUT2D eigenvalue weighted by Crippen LogP contribution is 2.27. The molecule has 0 radical (unpaired) electrons. The minimum atomic E-state index is -3.80. The molecule has 1 fully saturated rings. The Kier molecular flexibility index (Phi) is 7.27. The van der Waals surface area contributed by atoms with Crippen molar-refractivity contribution in [2.24, 2.45) is 0 Å². The summed E-state index contributed by atoms with van der Waals surface area (Å²) < 4.78 is 32.9. The van der Waals surface area contributed by atoms with E-state index >= 15 is 0 Å². The Morgan fingerprint density at radius 2 is 1.69 bits per heavy atom. The zero-order valence-electron chi connectivity index (χ0n) is 15.7. The maximum absolute atomic E-state index is 12.5. The average molecular weight is 457 g/mol. The van der Waals surface area contributed by atoms with E-state index in [0.29, 0.717) is 16.5 Å². The number of rotatable bonds is 7. The molecule has 6 nitrogen and oxygen atoms in total. The van der Waals surface area contributed by atoms with Crippen molar-refractivity contribution >= 4 is 44.8 Å². The minimum Gasteiger partial charge on any atom is -0.484 e. The third kappa shape index (κ3) is 6.26. The third-order valence-corrected chi connectivity index (χ3v) is 6.78. The first kappa shape index (κ1) is 21.7. The van der Waals surface area contributed by atoms with E-state index in [9.17, 15) is 13.2 Å². The summed E-state index contributed by atoms with van der Waals surface area (Å²) in [5.74, 6) is 0.243. The van der Waals surface area contributed by atoms with Crippen LogP contribution in [0, 0.1) is 0 Å². The summed E-state index contributed by atoms with van der Waals surface area (Å²) >= 11 is 11.8. The largest absolute Gasteiger partial charge is 0.484 e. The highest BCUT2D eigenvalue weighted by atomic mass is 35.5. The predicted octanol–water partition coefficient (Wildman–Crippen LogP) is 4.62. The summed E-state index contributed by atoms with van der Waals surface area (Å²) in [4.78, 5) is 12.1. The maximum Gasteiger partial charge on any atom is 0.261 e. The van der Waals surface area contributed by atoms with Gasteiger partial charge in [-0.25, -0.2) is 8.42 Å². The molecule has 1 aliphatic rings. The number of amides is 1. The molecule has 29 heavy (non-hydrogen) atoms. The van der Waals surface area contributed by atoms with Crippen LogP contribution in [-0.4, -0.2) is 27.0 Å². The standard InChI is InChI=1S/C20H22Cl2N2O4S/c21-18-11-6-15(12-19(18)22)24-29(26,27)17-9-7-16(8-10-17)28-13-20(25)23-14-4-2-1-3-5-14/h6-12,14,24H,1-5,13H2,(H,23,25). The molecule has 0 spiro atoms. The fraction of sp³-hybridized carbons (Fsp3) is 0.350. The second-order valence-electron chi connectivity index (χ2n) is 6.90. The molecule has 0 saturated heterocycles. The number of halogens is 2. The number of hydrogen-bond donors (Lipinski definition) is 2. The lowest BCUT2D eigenvalue weighted by Crippen LogP contribution is -2.38. The molecule has 0 aliphatic heterocycles. The Balaban J connectivity index is 1.55. The van der Waals surface area contributed by atoms with Gasteiger partial charge in [0, 0.05) is 6.04 Å². The lowest BCUT2D eigenvalue weighted by molar-refractivity contribution is -0.124. The molecule has 2 aromatic rings. The van der Waals surface area contributed by atoms with E-state index in [1.165, 1.54) is 48.9 Å². The van der Waals surface area contributed by atoms with Crippen molar-refractivity contribution in [3.63, 3.8) is 0 Å². The van der Waals surface area contributed by atoms with Gasteiger partial charge in [0.1, 0.15) is 5.75 Å². The van der Waals surface area contributed by atoms with Gasteiger partial charge in [-0.1, -0.05) is 42.5 Å². The van der Waals surface area contributed by atoms with Gasteiger partial charge in [-0.2, -0.15) is 0 Å². The molecular formula is C20H22Cl2N2O4S. The van der Waals surface area contributed by atoms with E-state index in [1.807, 2.05) is 0 Å². The van der Waals surface area contributed by atoms with E-state index < -0.39 is 10.0 Å². The van der Waals surface area contributed by atoms with Crippen molar-refractivity contribution in [1.29, 1.82) is 0 Å². The maximum atomic E-state index is 12.5. The predicted molar refractivity (Wildman–Crippen MR) is 114 cm³/mol. The molecule has 1 saturated carbocycles. The molecule has 9 heteroatoms. The van der Waals surface area contributed by atoms with Gasteiger partial charge in [0.15, 0.2) is 6.61 Å². The number of benzene rings is 2. The van der Waals surface area contributed by atoms with E-state index in [-0.39, 0.29) is 28.5 Å². The Morgan fingerprint density at radius 1 is 1.00 bits per heavy atom. The number of hydrogen-bond acceptors (Lipinski definition) is 4. The Bertz CT molecular complexity index is 959. The minimum absolute atomic E-state index is 0.0579. The zero-order valence-corrected chi connectivity index (χ0v) is 18.0. The van der Waals surface area contributed by atoms with Crippen LogP contribution >= 0.6 is 23.2 Å². The van der Waals surface area contributed by atoms with Crippen molar-refractivity contribution in [1.82, 2.24) is 5.32 Å². The molecule has 0 heterocycles. The topological polar surface area (TPSA) is 84.5 Å². The number of sulfonamides is 1. The fourth-order valence-corrected chi connectivity index (χ4v) is 4.50. The fourth-order valence-electron chi connectivity index (χ4n) is 3.15. The van der Waals surface area contributed by atoms with Crippen LogP contribution in [0.15, 0.2) is 47.4 Å². The van der Waals surface area contributed by atoms with Crippen LogP contribution in [0.4, 0.5) is 5.69 Å². The smallest absolute Gasteiger partial charge is 0.261 e. The summed E-state index contributed by atoms with van der Waals surface area (Å²) in [6, 6.07) is 10.5. The lowest BCUT2D eigenvalue weighted by atomic mass is 9.95. The second kappa shape index (κ2) is 9.69. The number of carbonyl (C=O) groups excluding carboxylic acids is 1. The van der Waals surface area contributed by atoms with Crippen molar-refractivity contribution in [2.45, 2.75) is 43.0 Å². The van der Waals surface area contributed by atoms with Crippen LogP contribution < -0.4 is 14.8 Å². The van der Waals surface area contributed by atoms with Crippen LogP contribution in [0.5, 0.6) is 5.75 Å². The summed E-state index contributed by atoms with van der Waals surface area (Å²) in [5, 5.41) is 3.56. The molecular weight excluding hydrogens is 435 g/mol. The molecule has 156 valence electrons. The van der Waals surface area contributed by atoms with Gasteiger partial charge in [0.25, 0.3) is 15.9 Å². The number of carbonyl (C=O) groups is 1. The lowest BCUT2D eigenvalue weighted by Gasteiger charge is -2.22. The van der Waals surface area contributed by atoms with E-state index in [1.54, 1.807) is 0 Å². The zero-order chi connectivity index (χ0) is 20.9. The summed E-state index contributed by atoms with van der Waals surface area (Å²) in [6.07, 6.45) is 5.50. The third-order valence-electron chi connectivity index (χ3n) is 4.65. The van der Waals surface area contributed by atoms with Crippen molar-refractivity contribution in [3.05, 3.63) is 52.5 Å². The number of ether oxygens (including phenoxy) is 1. The molecule has 1 aliphatic carbocycles. The molecule has 0 aromatic heterocycles. The highest BCUT2D eigenvalue weighted by Gasteiger charge is 2.17. The van der Waals surface area contributed by atoms with Crippen molar-refractivity contribution in [3.8, 4) is 5.75 Å². The average Bonchev–Trinajstić information content (AvgIpc) is 2.70. The van der Waals surface area contributed by atoms with Gasteiger partial charge in [-0.3, -0.25) is 9.52 Å². The molecule has 0 atom stereocenters. The van der Waals surface area contributed by atoms with Gasteiger partial charge in [0.05, 0.1) is 20.6 Å². The molecule has 0 bridgehead atoms. The summed E-state index contributed by atoms with van der Waals surface area (Å²) in [6.45, 7) is -0.107. The van der Waals surface area contributed by atoms with Gasteiger partial charge >= 0.3 is 0 Å². The van der Waals surface area contributed by atoms with Gasteiger partial charge in [0.2, 0.25) is 0 Å². The Hall–Kier alpha value is -1.96. The van der Waals surface area contributed by atoms with E-state index in [0.717, 1.165) is 25.7 Å². The quantitative estimate of drug-likeness (QED) is 0.636. The van der Waals surface area contributed by atoms with Crippen LogP contribution in [0.25, 0.3) is 0 Å². The summed E-state index contributed by atoms with van der Waals surface area (Å²) in [7, 11) is -3.80. The number of nitrogens with one attached hydrogen (secondary N) is 2. The first-order valence-corrected chi connectivity index (χ1v) is 11.6. The molecule has 3 rings (SSSR count). The van der Waals surface area contributed by atoms with Gasteiger partial charge in [-0.05, 0) is 55.3 Å². The van der Waals surface area contributed by atoms with Crippen LogP contribution in [0.3, 0.4) is 0 Å². The molecule has 2 N–H and O–H groups in total. The first-order valence-electron chi connectivity index (χ1n) is 9.33. The second-order valence-corrected chi connectivity index (χ2v) is 9.39. The van der Waals surface area contributed by atoms with Crippen LogP contribution in [0.2, 0.25) is 10.0 Å². The van der Waals surface area contributed by atoms with Crippen LogP contribution in [0.1, 0.15) is 32.1 Å². The Labute approximate surface area is 180 Å².